The summed E-state index contributed by atoms with van der Waals surface area (Å²) in [6.45, 7) is 1.25. The molecule has 0 aliphatic rings. The summed E-state index contributed by atoms with van der Waals surface area (Å²) in [6.07, 6.45) is 0.334. The molecule has 0 saturated carbocycles. The summed E-state index contributed by atoms with van der Waals surface area (Å²) in [6, 6.07) is 7.44. The van der Waals surface area contributed by atoms with Crippen molar-refractivity contribution < 1.29 is 9.59 Å². The first-order valence-electron chi connectivity index (χ1n) is 6.53. The average Bonchev–Trinajstić information content (AvgIpc) is 2.45. The van der Waals surface area contributed by atoms with Crippen LogP contribution in [0.15, 0.2) is 24.3 Å². The summed E-state index contributed by atoms with van der Waals surface area (Å²) in [4.78, 5) is 24.8. The van der Waals surface area contributed by atoms with Gasteiger partial charge >= 0.3 is 0 Å². The van der Waals surface area contributed by atoms with Crippen molar-refractivity contribution in [1.82, 2.24) is 10.2 Å². The monoisotopic (exact) mass is 278 g/mol. The lowest BCUT2D eigenvalue weighted by molar-refractivity contribution is -0.122. The molecule has 0 fully saturated rings. The molecule has 0 atom stereocenters. The van der Waals surface area contributed by atoms with Crippen LogP contribution in [0.2, 0.25) is 0 Å². The van der Waals surface area contributed by atoms with E-state index in [4.69, 9.17) is 5.73 Å². The first-order valence-corrected chi connectivity index (χ1v) is 6.53. The fourth-order valence-electron chi connectivity index (χ4n) is 1.70. The minimum Gasteiger partial charge on any atom is -0.358 e. The third-order valence-electron chi connectivity index (χ3n) is 2.86. The molecule has 0 aromatic heterocycles. The molecule has 0 bridgehead atoms. The van der Waals surface area contributed by atoms with Gasteiger partial charge in [0.25, 0.3) is 0 Å². The van der Waals surface area contributed by atoms with Crippen LogP contribution in [-0.2, 0) is 16.1 Å². The van der Waals surface area contributed by atoms with Crippen molar-refractivity contribution >= 4 is 17.5 Å². The molecule has 0 aliphatic carbocycles. The molecular formula is C14H22N4O2. The predicted molar refractivity (Wildman–Crippen MR) is 79.1 cm³/mol. The Morgan fingerprint density at radius 3 is 2.70 bits per heavy atom. The molecule has 0 spiro atoms. The van der Waals surface area contributed by atoms with Crippen LogP contribution in [0.25, 0.3) is 0 Å². The van der Waals surface area contributed by atoms with Crippen LogP contribution in [0.5, 0.6) is 0 Å². The molecule has 20 heavy (non-hydrogen) atoms. The minimum absolute atomic E-state index is 0.0662. The van der Waals surface area contributed by atoms with E-state index in [1.807, 2.05) is 24.3 Å². The smallest absolute Gasteiger partial charge is 0.233 e. The number of hydrogen-bond donors (Lipinski definition) is 3. The molecule has 0 saturated heterocycles. The molecule has 110 valence electrons. The molecule has 0 unspecified atom stereocenters. The van der Waals surface area contributed by atoms with Gasteiger partial charge in [0.05, 0.1) is 6.54 Å². The summed E-state index contributed by atoms with van der Waals surface area (Å²) in [5.74, 6) is -0.147. The highest BCUT2D eigenvalue weighted by molar-refractivity contribution is 5.90. The number of anilines is 1. The number of nitrogens with zero attached hydrogens (tertiary/aromatic N) is 1. The Balaban J connectivity index is 2.38. The zero-order valence-electron chi connectivity index (χ0n) is 12.0. The van der Waals surface area contributed by atoms with Crippen LogP contribution in [0.4, 0.5) is 5.69 Å². The molecule has 0 radical (unpaired) electrons. The van der Waals surface area contributed by atoms with Gasteiger partial charge in [-0.2, -0.15) is 0 Å². The van der Waals surface area contributed by atoms with Crippen LogP contribution in [-0.4, -0.2) is 43.9 Å². The molecule has 1 rings (SSSR count). The highest BCUT2D eigenvalue weighted by atomic mass is 16.2. The standard InChI is InChI=1S/C14H22N4O2/c1-16-14(20)10-18(2)7-6-13(19)17-12-5-3-4-11(8-12)9-15/h3-5,8H,6-7,9-10,15H2,1-2H3,(H,16,20)(H,17,19). The van der Waals surface area contributed by atoms with Crippen LogP contribution in [0, 0.1) is 0 Å². The van der Waals surface area contributed by atoms with Crippen molar-refractivity contribution in [2.75, 3.05) is 32.5 Å². The average molecular weight is 278 g/mol. The Bertz CT molecular complexity index is 462. The molecule has 0 aliphatic heterocycles. The third kappa shape index (κ3) is 5.81. The number of rotatable bonds is 7. The quantitative estimate of drug-likeness (QED) is 0.662. The van der Waals surface area contributed by atoms with Crippen LogP contribution in [0.1, 0.15) is 12.0 Å². The highest BCUT2D eigenvalue weighted by Crippen LogP contribution is 2.10. The van der Waals surface area contributed by atoms with Gasteiger partial charge in [0.1, 0.15) is 0 Å². The lowest BCUT2D eigenvalue weighted by Crippen LogP contribution is -2.34. The maximum absolute atomic E-state index is 11.8. The Labute approximate surface area is 119 Å². The van der Waals surface area contributed by atoms with E-state index in [0.717, 1.165) is 11.3 Å². The van der Waals surface area contributed by atoms with Gasteiger partial charge in [-0.15, -0.1) is 0 Å². The lowest BCUT2D eigenvalue weighted by atomic mass is 10.2. The van der Waals surface area contributed by atoms with Gasteiger partial charge in [0.2, 0.25) is 11.8 Å². The Kier molecular flexibility index (Phi) is 6.69. The van der Waals surface area contributed by atoms with Crippen molar-refractivity contribution in [3.63, 3.8) is 0 Å². The fourth-order valence-corrected chi connectivity index (χ4v) is 1.70. The number of carbonyl (C=O) groups is 2. The Hall–Kier alpha value is -1.92. The Morgan fingerprint density at radius 2 is 2.05 bits per heavy atom. The van der Waals surface area contributed by atoms with E-state index in [1.165, 1.54) is 0 Å². The normalized spacial score (nSPS) is 10.4. The van der Waals surface area contributed by atoms with Gasteiger partial charge in [-0.25, -0.2) is 0 Å². The topological polar surface area (TPSA) is 87.5 Å². The maximum Gasteiger partial charge on any atom is 0.233 e. The van der Waals surface area contributed by atoms with E-state index in [1.54, 1.807) is 19.0 Å². The van der Waals surface area contributed by atoms with Crippen LogP contribution < -0.4 is 16.4 Å². The third-order valence-corrected chi connectivity index (χ3v) is 2.86. The fraction of sp³-hybridized carbons (Fsp3) is 0.429. The van der Waals surface area contributed by atoms with Gasteiger partial charge in [-0.3, -0.25) is 14.5 Å². The number of nitrogens with one attached hydrogen (secondary N) is 2. The summed E-state index contributed by atoms with van der Waals surface area (Å²) < 4.78 is 0. The molecule has 0 heterocycles. The van der Waals surface area contributed by atoms with E-state index >= 15 is 0 Å². The molecular weight excluding hydrogens is 256 g/mol. The van der Waals surface area contributed by atoms with Crippen LogP contribution >= 0.6 is 0 Å². The molecule has 6 heteroatoms. The van der Waals surface area contributed by atoms with Gasteiger partial charge in [0, 0.05) is 32.2 Å². The summed E-state index contributed by atoms with van der Waals surface area (Å²) in [5, 5.41) is 5.36. The molecule has 1 aromatic rings. The first kappa shape index (κ1) is 16.1. The molecule has 1 aromatic carbocycles. The minimum atomic E-state index is -0.0806. The number of carbonyl (C=O) groups excluding carboxylic acids is 2. The van der Waals surface area contributed by atoms with E-state index in [-0.39, 0.29) is 18.4 Å². The van der Waals surface area contributed by atoms with E-state index < -0.39 is 0 Å². The molecule has 6 nitrogen and oxygen atoms in total. The number of likely N-dealkylation sites (N-methyl/N-ethyl adjacent to an activating group) is 2. The van der Waals surface area contributed by atoms with Gasteiger partial charge in [-0.1, -0.05) is 12.1 Å². The first-order chi connectivity index (χ1) is 9.55. The van der Waals surface area contributed by atoms with Crippen molar-refractivity contribution in [3.05, 3.63) is 29.8 Å². The molecule has 4 N–H and O–H groups in total. The lowest BCUT2D eigenvalue weighted by Gasteiger charge is -2.15. The van der Waals surface area contributed by atoms with Crippen molar-refractivity contribution in [1.29, 1.82) is 0 Å². The van der Waals surface area contributed by atoms with E-state index in [0.29, 0.717) is 19.5 Å². The number of benzene rings is 1. The van der Waals surface area contributed by atoms with Gasteiger partial charge < -0.3 is 16.4 Å². The number of amides is 2. The second kappa shape index (κ2) is 8.29. The van der Waals surface area contributed by atoms with Gasteiger partial charge in [0.15, 0.2) is 0 Å². The van der Waals surface area contributed by atoms with Crippen molar-refractivity contribution in [3.8, 4) is 0 Å². The summed E-state index contributed by atoms with van der Waals surface area (Å²) in [5.41, 5.74) is 7.26. The molecule has 2 amide bonds. The SMILES string of the molecule is CNC(=O)CN(C)CCC(=O)Nc1cccc(CN)c1. The zero-order valence-corrected chi connectivity index (χ0v) is 12.0. The number of hydrogen-bond acceptors (Lipinski definition) is 4. The second-order valence-corrected chi connectivity index (χ2v) is 4.61. The Morgan fingerprint density at radius 1 is 1.30 bits per heavy atom. The predicted octanol–water partition coefficient (Wildman–Crippen LogP) is 0.152. The van der Waals surface area contributed by atoms with Crippen molar-refractivity contribution in [2.45, 2.75) is 13.0 Å². The summed E-state index contributed by atoms with van der Waals surface area (Å²) in [7, 11) is 3.39. The summed E-state index contributed by atoms with van der Waals surface area (Å²) >= 11 is 0. The second-order valence-electron chi connectivity index (χ2n) is 4.61. The van der Waals surface area contributed by atoms with Gasteiger partial charge in [-0.05, 0) is 24.7 Å². The van der Waals surface area contributed by atoms with E-state index in [9.17, 15) is 9.59 Å². The highest BCUT2D eigenvalue weighted by Gasteiger charge is 2.08. The van der Waals surface area contributed by atoms with E-state index in [2.05, 4.69) is 10.6 Å². The van der Waals surface area contributed by atoms with Crippen molar-refractivity contribution in [2.24, 2.45) is 5.73 Å². The maximum atomic E-state index is 11.8. The van der Waals surface area contributed by atoms with Crippen LogP contribution in [0.3, 0.4) is 0 Å². The zero-order chi connectivity index (χ0) is 15.0. The largest absolute Gasteiger partial charge is 0.358 e. The number of nitrogens with two attached hydrogens (primary N) is 1.